The highest BCUT2D eigenvalue weighted by molar-refractivity contribution is 7.09. The molecular formula is C12H13N3O2S. The Balaban J connectivity index is 2.18. The smallest absolute Gasteiger partial charge is 0.275 e. The molecule has 6 heteroatoms. The van der Waals surface area contributed by atoms with Gasteiger partial charge in [0.1, 0.15) is 16.5 Å². The second kappa shape index (κ2) is 5.16. The van der Waals surface area contributed by atoms with Crippen LogP contribution in [0.3, 0.4) is 0 Å². The number of hydrogen-bond donors (Lipinski definition) is 3. The van der Waals surface area contributed by atoms with E-state index in [0.717, 1.165) is 0 Å². The first-order valence-electron chi connectivity index (χ1n) is 5.36. The van der Waals surface area contributed by atoms with E-state index in [-0.39, 0.29) is 11.7 Å². The van der Waals surface area contributed by atoms with Gasteiger partial charge in [-0.25, -0.2) is 4.98 Å². The third-order valence-corrected chi connectivity index (χ3v) is 3.32. The molecule has 2 aromatic rings. The average Bonchev–Trinajstić information content (AvgIpc) is 2.83. The number of aryl methyl sites for hydroxylation is 1. The number of nitrogens with zero attached hydrogens (tertiary/aromatic N) is 1. The zero-order valence-electron chi connectivity index (χ0n) is 9.80. The predicted molar refractivity (Wildman–Crippen MR) is 70.8 cm³/mol. The van der Waals surface area contributed by atoms with Crippen molar-refractivity contribution in [3.63, 3.8) is 0 Å². The number of benzene rings is 1. The monoisotopic (exact) mass is 263 g/mol. The van der Waals surface area contributed by atoms with Crippen LogP contribution in [0, 0.1) is 6.92 Å². The van der Waals surface area contributed by atoms with Crippen LogP contribution in [0.15, 0.2) is 23.6 Å². The summed E-state index contributed by atoms with van der Waals surface area (Å²) in [6.45, 7) is 2.08. The quantitative estimate of drug-likeness (QED) is 0.738. The molecule has 0 aliphatic rings. The summed E-state index contributed by atoms with van der Waals surface area (Å²) in [7, 11) is 0. The van der Waals surface area contributed by atoms with Crippen LogP contribution in [0.2, 0.25) is 0 Å². The van der Waals surface area contributed by atoms with E-state index in [1.165, 1.54) is 11.3 Å². The second-order valence-electron chi connectivity index (χ2n) is 3.76. The summed E-state index contributed by atoms with van der Waals surface area (Å²) < 4.78 is 0. The maximum absolute atomic E-state index is 11.9. The van der Waals surface area contributed by atoms with Gasteiger partial charge in [0.15, 0.2) is 0 Å². The predicted octanol–water partition coefficient (Wildman–Crippen LogP) is 1.87. The number of hydrogen-bond acceptors (Lipinski definition) is 5. The summed E-state index contributed by atoms with van der Waals surface area (Å²) in [6, 6.07) is 5.16. The van der Waals surface area contributed by atoms with Crippen molar-refractivity contribution < 1.29 is 9.90 Å². The lowest BCUT2D eigenvalue weighted by Gasteiger charge is -2.07. The van der Waals surface area contributed by atoms with E-state index in [2.05, 4.69) is 10.3 Å². The maximum Gasteiger partial charge on any atom is 0.275 e. The first kappa shape index (κ1) is 12.5. The number of thiazole rings is 1. The van der Waals surface area contributed by atoms with Gasteiger partial charge >= 0.3 is 0 Å². The van der Waals surface area contributed by atoms with Gasteiger partial charge in [0.25, 0.3) is 5.91 Å². The number of rotatable bonds is 3. The molecule has 0 radical (unpaired) electrons. The molecule has 5 nitrogen and oxygen atoms in total. The third-order valence-electron chi connectivity index (χ3n) is 2.44. The van der Waals surface area contributed by atoms with Crippen LogP contribution < -0.4 is 11.1 Å². The number of amides is 1. The fourth-order valence-electron chi connectivity index (χ4n) is 1.46. The van der Waals surface area contributed by atoms with Gasteiger partial charge in [-0.1, -0.05) is 12.1 Å². The molecule has 2 rings (SSSR count). The summed E-state index contributed by atoms with van der Waals surface area (Å²) in [4.78, 5) is 16.0. The molecule has 94 valence electrons. The lowest BCUT2D eigenvalue weighted by Crippen LogP contribution is -2.13. The SMILES string of the molecule is Cc1cccc(NC(=O)c2csc(CN)n2)c1O. The van der Waals surface area contributed by atoms with Crippen molar-refractivity contribution in [3.8, 4) is 5.75 Å². The number of carbonyl (C=O) groups excluding carboxylic acids is 1. The molecule has 1 amide bonds. The number of phenolic OH excluding ortho intramolecular Hbond substituents is 1. The van der Waals surface area contributed by atoms with E-state index in [0.29, 0.717) is 28.5 Å². The summed E-state index contributed by atoms with van der Waals surface area (Å²) in [5.74, 6) is -0.285. The van der Waals surface area contributed by atoms with Gasteiger partial charge in [-0.05, 0) is 18.6 Å². The Morgan fingerprint density at radius 1 is 1.56 bits per heavy atom. The molecule has 0 unspecified atom stereocenters. The van der Waals surface area contributed by atoms with Crippen LogP contribution in [0.4, 0.5) is 5.69 Å². The molecule has 4 N–H and O–H groups in total. The van der Waals surface area contributed by atoms with Crippen LogP contribution in [-0.4, -0.2) is 16.0 Å². The Morgan fingerprint density at radius 3 is 3.00 bits per heavy atom. The number of nitrogens with one attached hydrogen (secondary N) is 1. The molecule has 0 atom stereocenters. The Bertz CT molecular complexity index is 580. The van der Waals surface area contributed by atoms with Crippen LogP contribution in [0.1, 0.15) is 21.1 Å². The zero-order chi connectivity index (χ0) is 13.1. The van der Waals surface area contributed by atoms with Crippen molar-refractivity contribution in [3.05, 3.63) is 39.8 Å². The van der Waals surface area contributed by atoms with Gasteiger partial charge in [-0.15, -0.1) is 11.3 Å². The highest BCUT2D eigenvalue weighted by Crippen LogP contribution is 2.26. The molecule has 0 saturated carbocycles. The van der Waals surface area contributed by atoms with Crippen LogP contribution in [-0.2, 0) is 6.54 Å². The zero-order valence-corrected chi connectivity index (χ0v) is 10.6. The second-order valence-corrected chi connectivity index (χ2v) is 4.70. The normalized spacial score (nSPS) is 10.3. The topological polar surface area (TPSA) is 88.2 Å². The van der Waals surface area contributed by atoms with E-state index in [9.17, 15) is 9.90 Å². The third kappa shape index (κ3) is 2.49. The molecule has 0 aliphatic carbocycles. The number of nitrogens with two attached hydrogens (primary N) is 1. The van der Waals surface area contributed by atoms with Crippen molar-refractivity contribution in [2.24, 2.45) is 5.73 Å². The summed E-state index contributed by atoms with van der Waals surface area (Å²) in [6.07, 6.45) is 0. The number of aromatic hydroxyl groups is 1. The van der Waals surface area contributed by atoms with Crippen LogP contribution >= 0.6 is 11.3 Å². The maximum atomic E-state index is 11.9. The Kier molecular flexibility index (Phi) is 3.59. The molecule has 0 aliphatic heterocycles. The Labute approximate surface area is 108 Å². The molecule has 1 aromatic carbocycles. The highest BCUT2D eigenvalue weighted by Gasteiger charge is 2.12. The molecule has 0 saturated heterocycles. The molecule has 0 fully saturated rings. The van der Waals surface area contributed by atoms with Gasteiger partial charge in [0.05, 0.1) is 5.69 Å². The standard InChI is InChI=1S/C12H13N3O2S/c1-7-3-2-4-8(11(7)16)15-12(17)9-6-18-10(5-13)14-9/h2-4,6,16H,5,13H2,1H3,(H,15,17). The van der Waals surface area contributed by atoms with Crippen molar-refractivity contribution in [1.82, 2.24) is 4.98 Å². The van der Waals surface area contributed by atoms with E-state index in [1.807, 2.05) is 0 Å². The molecule has 1 heterocycles. The lowest BCUT2D eigenvalue weighted by atomic mass is 10.2. The van der Waals surface area contributed by atoms with E-state index in [1.54, 1.807) is 30.5 Å². The average molecular weight is 263 g/mol. The van der Waals surface area contributed by atoms with Crippen LogP contribution in [0.25, 0.3) is 0 Å². The fraction of sp³-hybridized carbons (Fsp3) is 0.167. The molecular weight excluding hydrogens is 250 g/mol. The van der Waals surface area contributed by atoms with Crippen molar-refractivity contribution in [2.45, 2.75) is 13.5 Å². The highest BCUT2D eigenvalue weighted by atomic mass is 32.1. The van der Waals surface area contributed by atoms with E-state index in [4.69, 9.17) is 5.73 Å². The number of carbonyl (C=O) groups is 1. The van der Waals surface area contributed by atoms with Crippen molar-refractivity contribution >= 4 is 22.9 Å². The minimum absolute atomic E-state index is 0.0696. The van der Waals surface area contributed by atoms with Gasteiger partial charge in [0, 0.05) is 11.9 Å². The van der Waals surface area contributed by atoms with Crippen LogP contribution in [0.5, 0.6) is 5.75 Å². The number of aromatic nitrogens is 1. The lowest BCUT2D eigenvalue weighted by molar-refractivity contribution is 0.102. The van der Waals surface area contributed by atoms with E-state index < -0.39 is 0 Å². The van der Waals surface area contributed by atoms with Gasteiger partial charge in [-0.2, -0.15) is 0 Å². The molecule has 0 spiro atoms. The first-order valence-corrected chi connectivity index (χ1v) is 6.24. The number of anilines is 1. The number of para-hydroxylation sites is 1. The fourth-order valence-corrected chi connectivity index (χ4v) is 2.11. The largest absolute Gasteiger partial charge is 0.505 e. The van der Waals surface area contributed by atoms with Crippen molar-refractivity contribution in [1.29, 1.82) is 0 Å². The summed E-state index contributed by atoms with van der Waals surface area (Å²) in [5.41, 5.74) is 6.82. The van der Waals surface area contributed by atoms with Gasteiger partial charge in [-0.3, -0.25) is 4.79 Å². The number of phenols is 1. The minimum atomic E-state index is -0.355. The first-order chi connectivity index (χ1) is 8.61. The summed E-state index contributed by atoms with van der Waals surface area (Å²) >= 11 is 1.34. The molecule has 18 heavy (non-hydrogen) atoms. The molecule has 0 bridgehead atoms. The van der Waals surface area contributed by atoms with E-state index >= 15 is 0 Å². The Hall–Kier alpha value is -1.92. The van der Waals surface area contributed by atoms with Gasteiger partial charge < -0.3 is 16.2 Å². The Morgan fingerprint density at radius 2 is 2.33 bits per heavy atom. The van der Waals surface area contributed by atoms with Gasteiger partial charge in [0.2, 0.25) is 0 Å². The minimum Gasteiger partial charge on any atom is -0.505 e. The van der Waals surface area contributed by atoms with Crippen molar-refractivity contribution in [2.75, 3.05) is 5.32 Å². The summed E-state index contributed by atoms with van der Waals surface area (Å²) in [5, 5.41) is 14.8. The molecule has 1 aromatic heterocycles.